The molecule has 0 N–H and O–H groups in total. The van der Waals surface area contributed by atoms with Crippen LogP contribution in [0.1, 0.15) is 38.5 Å². The van der Waals surface area contributed by atoms with E-state index in [0.717, 1.165) is 11.8 Å². The molecule has 0 aromatic heterocycles. The summed E-state index contributed by atoms with van der Waals surface area (Å²) in [5, 5.41) is 0. The monoisotopic (exact) mass is 445 g/mol. The minimum absolute atomic E-state index is 0. The zero-order valence-electron chi connectivity index (χ0n) is 14.0. The van der Waals surface area contributed by atoms with Gasteiger partial charge in [0.25, 0.3) is 0 Å². The predicted octanol–water partition coefficient (Wildman–Crippen LogP) is 5.35. The van der Waals surface area contributed by atoms with E-state index in [9.17, 15) is 0 Å². The van der Waals surface area contributed by atoms with E-state index in [0.29, 0.717) is 0 Å². The fourth-order valence-corrected chi connectivity index (χ4v) is 3.33. The Morgan fingerprint density at radius 1 is 0.826 bits per heavy atom. The van der Waals surface area contributed by atoms with Crippen molar-refractivity contribution in [3.63, 3.8) is 0 Å². The molecule has 0 radical (unpaired) electrons. The van der Waals surface area contributed by atoms with Gasteiger partial charge in [-0.1, -0.05) is 12.8 Å². The van der Waals surface area contributed by atoms with Crippen molar-refractivity contribution in [2.45, 2.75) is 38.5 Å². The molecule has 0 bridgehead atoms. The molecule has 0 aromatic carbocycles. The molecule has 2 atom stereocenters. The summed E-state index contributed by atoms with van der Waals surface area (Å²) in [6.45, 7) is 1.95. The van der Waals surface area contributed by atoms with Crippen LogP contribution in [0.3, 0.4) is 0 Å². The Bertz CT molecular complexity index is 401. The minimum atomic E-state index is 0. The molecular formula is C19H29Cl2SiZr-3. The molecule has 4 rings (SSSR count). The first kappa shape index (κ1) is 25.6. The van der Waals surface area contributed by atoms with Crippen molar-refractivity contribution in [2.75, 3.05) is 0 Å². The standard InChI is InChI=1S/2C9H11.CH3.2ClH.H2Si.Zr/c2*1-2-5-9-7-3-6-8(9)4-1;;;;;/h2*1-2,4,6,9H,3,5,7H2;1H3;2*1H;1H2;/q3*-1;;;;. The molecule has 0 spiro atoms. The van der Waals surface area contributed by atoms with Crippen LogP contribution in [-0.2, 0) is 23.3 Å². The van der Waals surface area contributed by atoms with Crippen LogP contribution < -0.4 is 0 Å². The molecule has 0 amide bonds. The Labute approximate surface area is 172 Å². The molecule has 0 saturated heterocycles. The maximum atomic E-state index is 2.37. The van der Waals surface area contributed by atoms with Crippen molar-refractivity contribution in [3.8, 4) is 0 Å². The summed E-state index contributed by atoms with van der Waals surface area (Å²) in [4.78, 5) is 0. The fourth-order valence-electron chi connectivity index (χ4n) is 3.33. The Morgan fingerprint density at radius 2 is 1.22 bits per heavy atom. The molecule has 2 saturated carbocycles. The zero-order valence-corrected chi connectivity index (χ0v) is 19.5. The van der Waals surface area contributed by atoms with E-state index in [2.05, 4.69) is 49.3 Å². The van der Waals surface area contributed by atoms with Crippen LogP contribution in [-0.4, -0.2) is 6.88 Å². The number of hydrogen-bond donors (Lipinski definition) is 0. The van der Waals surface area contributed by atoms with Gasteiger partial charge in [-0.25, -0.2) is 36.1 Å². The van der Waals surface area contributed by atoms with Crippen molar-refractivity contribution < 1.29 is 23.3 Å². The summed E-state index contributed by atoms with van der Waals surface area (Å²) >= 11 is 1.58. The quantitative estimate of drug-likeness (QED) is 0.347. The third-order valence-corrected chi connectivity index (χ3v) is 4.42. The number of hydrogen-bond acceptors (Lipinski definition) is 0. The molecule has 23 heavy (non-hydrogen) atoms. The van der Waals surface area contributed by atoms with Gasteiger partial charge in [-0.05, 0) is 24.7 Å². The predicted molar refractivity (Wildman–Crippen MR) is 107 cm³/mol. The summed E-state index contributed by atoms with van der Waals surface area (Å²) in [5.41, 5.74) is 3.16. The molecule has 4 aliphatic rings. The van der Waals surface area contributed by atoms with Crippen molar-refractivity contribution >= 4 is 31.7 Å². The molecule has 4 aliphatic carbocycles. The van der Waals surface area contributed by atoms with Gasteiger partial charge in [0.05, 0.1) is 0 Å². The second kappa shape index (κ2) is 14.7. The SMILES string of the molecule is C1=CCC2CC[CH-]C2=C1.C1=CCC2CC[CH-]C2=C1.Cl.Cl.[CH3-].[SiH2]=[Zr]. The van der Waals surface area contributed by atoms with E-state index < -0.39 is 0 Å². The van der Waals surface area contributed by atoms with E-state index in [-0.39, 0.29) is 32.2 Å². The van der Waals surface area contributed by atoms with Crippen molar-refractivity contribution in [2.24, 2.45) is 11.8 Å². The molecule has 130 valence electrons. The summed E-state index contributed by atoms with van der Waals surface area (Å²) in [5.74, 6) is 1.77. The molecular weight excluding hydrogens is 418 g/mol. The third kappa shape index (κ3) is 7.86. The first-order valence-corrected chi connectivity index (χ1v) is 13.6. The van der Waals surface area contributed by atoms with Crippen molar-refractivity contribution in [1.29, 1.82) is 0 Å². The second-order valence-corrected chi connectivity index (χ2v) is 5.62. The van der Waals surface area contributed by atoms with Crippen LogP contribution in [0, 0.1) is 32.1 Å². The first-order valence-electron chi connectivity index (χ1n) is 7.68. The van der Waals surface area contributed by atoms with Crippen molar-refractivity contribution in [1.82, 2.24) is 0 Å². The van der Waals surface area contributed by atoms with Gasteiger partial charge in [0.1, 0.15) is 0 Å². The van der Waals surface area contributed by atoms with E-state index in [1.54, 1.807) is 34.5 Å². The Balaban J connectivity index is 0. The summed E-state index contributed by atoms with van der Waals surface area (Å²) < 4.78 is 0. The molecule has 0 aromatic rings. The summed E-state index contributed by atoms with van der Waals surface area (Å²) in [6.07, 6.45) is 26.1. The maximum absolute atomic E-state index is 2.37. The van der Waals surface area contributed by atoms with Gasteiger partial charge >= 0.3 is 30.2 Å². The number of rotatable bonds is 0. The first-order chi connectivity index (χ1) is 9.93. The van der Waals surface area contributed by atoms with Gasteiger partial charge in [-0.2, -0.15) is 0 Å². The molecule has 0 aliphatic heterocycles. The van der Waals surface area contributed by atoms with E-state index in [1.807, 2.05) is 6.88 Å². The van der Waals surface area contributed by atoms with Crippen LogP contribution in [0.4, 0.5) is 0 Å². The van der Waals surface area contributed by atoms with Gasteiger partial charge in [-0.3, -0.25) is 0 Å². The van der Waals surface area contributed by atoms with Crippen LogP contribution in [0.15, 0.2) is 47.6 Å². The van der Waals surface area contributed by atoms with Gasteiger partial charge < -0.3 is 7.43 Å². The van der Waals surface area contributed by atoms with Crippen LogP contribution in [0.2, 0.25) is 0 Å². The molecule has 0 nitrogen and oxygen atoms in total. The van der Waals surface area contributed by atoms with Gasteiger partial charge in [0.15, 0.2) is 0 Å². The van der Waals surface area contributed by atoms with Crippen LogP contribution >= 0.6 is 24.8 Å². The van der Waals surface area contributed by atoms with E-state index >= 15 is 0 Å². The van der Waals surface area contributed by atoms with Crippen LogP contribution in [0.25, 0.3) is 0 Å². The summed E-state index contributed by atoms with van der Waals surface area (Å²) in [7, 11) is 0. The number of fused-ring (bicyclic) bond motifs is 2. The number of halogens is 2. The van der Waals surface area contributed by atoms with E-state index in [1.165, 1.54) is 38.5 Å². The normalized spacial score (nSPS) is 24.5. The average molecular weight is 448 g/mol. The molecule has 0 heterocycles. The molecule has 2 unspecified atom stereocenters. The molecule has 2 fully saturated rings. The Kier molecular flexibility index (Phi) is 16.4. The van der Waals surface area contributed by atoms with Gasteiger partial charge in [0.2, 0.25) is 0 Å². The van der Waals surface area contributed by atoms with E-state index in [4.69, 9.17) is 0 Å². The Morgan fingerprint density at radius 3 is 1.57 bits per heavy atom. The second-order valence-electron chi connectivity index (χ2n) is 5.62. The van der Waals surface area contributed by atoms with Crippen molar-refractivity contribution in [3.05, 3.63) is 67.9 Å². The average Bonchev–Trinajstić information content (AvgIpc) is 3.18. The Hall–Kier alpha value is 0.380. The van der Waals surface area contributed by atoms with Gasteiger partial charge in [-0.15, -0.1) is 62.0 Å². The van der Waals surface area contributed by atoms with Crippen LogP contribution in [0.5, 0.6) is 0 Å². The number of allylic oxidation sites excluding steroid dienone is 8. The zero-order chi connectivity index (χ0) is 14.2. The van der Waals surface area contributed by atoms with Gasteiger partial charge in [0, 0.05) is 0 Å². The summed E-state index contributed by atoms with van der Waals surface area (Å²) in [6, 6.07) is 0. The fraction of sp³-hybridized carbons (Fsp3) is 0.421. The topological polar surface area (TPSA) is 0 Å². The third-order valence-electron chi connectivity index (χ3n) is 4.42. The molecule has 4 heteroatoms.